The van der Waals surface area contributed by atoms with Crippen LogP contribution in [0.1, 0.15) is 21.8 Å². The van der Waals surface area contributed by atoms with Gasteiger partial charge in [0.25, 0.3) is 10.0 Å². The molecule has 0 saturated heterocycles. The van der Waals surface area contributed by atoms with Gasteiger partial charge in [-0.15, -0.1) is 0 Å². The van der Waals surface area contributed by atoms with Crippen LogP contribution >= 0.6 is 0 Å². The highest BCUT2D eigenvalue weighted by Gasteiger charge is 2.26. The lowest BCUT2D eigenvalue weighted by atomic mass is 10.0. The molecule has 0 aliphatic carbocycles. The maximum Gasteiger partial charge on any atom is 0.339 e. The van der Waals surface area contributed by atoms with E-state index >= 15 is 0 Å². The third-order valence-electron chi connectivity index (χ3n) is 4.01. The minimum atomic E-state index is -4.01. The molecule has 1 aromatic heterocycles. The Balaban J connectivity index is 2.10. The zero-order chi connectivity index (χ0) is 19.6. The molecular weight excluding hydrogens is 368 g/mol. The molecule has 2 aromatic carbocycles. The summed E-state index contributed by atoms with van der Waals surface area (Å²) in [5, 5.41) is 3.68. The van der Waals surface area contributed by atoms with Crippen molar-refractivity contribution in [3.63, 3.8) is 0 Å². The number of sulfonamides is 1. The van der Waals surface area contributed by atoms with Crippen LogP contribution in [0.3, 0.4) is 0 Å². The Hall–Kier alpha value is -3.13. The highest BCUT2D eigenvalue weighted by Crippen LogP contribution is 2.29. The quantitative estimate of drug-likeness (QED) is 0.674. The van der Waals surface area contributed by atoms with Gasteiger partial charge < -0.3 is 9.26 Å². The van der Waals surface area contributed by atoms with Gasteiger partial charge >= 0.3 is 5.97 Å². The van der Waals surface area contributed by atoms with Crippen LogP contribution in [0.15, 0.2) is 57.9 Å². The first-order valence-electron chi connectivity index (χ1n) is 8.07. The largest absolute Gasteiger partial charge is 0.465 e. The number of aromatic nitrogens is 1. The molecule has 0 amide bonds. The standard InChI is InChI=1S/C19H18N2O5S/c1-12-18(13(2)26-20-12)27(23,24)21-17-11-15(14-7-5-4-6-8-14)9-10-16(17)19(22)25-3/h4-11,21H,1-3H3. The highest BCUT2D eigenvalue weighted by molar-refractivity contribution is 7.92. The monoisotopic (exact) mass is 386 g/mol. The molecule has 0 atom stereocenters. The number of anilines is 1. The van der Waals surface area contributed by atoms with Crippen molar-refractivity contribution in [2.45, 2.75) is 18.7 Å². The molecule has 0 aliphatic rings. The van der Waals surface area contributed by atoms with Crippen molar-refractivity contribution in [3.8, 4) is 11.1 Å². The Bertz CT molecular complexity index is 1070. The summed E-state index contributed by atoms with van der Waals surface area (Å²) in [4.78, 5) is 12.0. The Kier molecular flexibility index (Phi) is 5.00. The van der Waals surface area contributed by atoms with Gasteiger partial charge in [0, 0.05) is 0 Å². The fraction of sp³-hybridized carbons (Fsp3) is 0.158. The fourth-order valence-electron chi connectivity index (χ4n) is 2.78. The second-order valence-electron chi connectivity index (χ2n) is 5.88. The number of nitrogens with zero attached hydrogens (tertiary/aromatic N) is 1. The number of hydrogen-bond acceptors (Lipinski definition) is 6. The number of methoxy groups -OCH3 is 1. The van der Waals surface area contributed by atoms with E-state index in [1.54, 1.807) is 12.1 Å². The van der Waals surface area contributed by atoms with Crippen LogP contribution in [0, 0.1) is 13.8 Å². The number of aryl methyl sites for hydroxylation is 2. The predicted octanol–water partition coefficient (Wildman–Crippen LogP) is 3.55. The molecule has 3 aromatic rings. The van der Waals surface area contributed by atoms with Gasteiger partial charge in [0.1, 0.15) is 5.69 Å². The smallest absolute Gasteiger partial charge is 0.339 e. The number of carbonyl (C=O) groups is 1. The Morgan fingerprint density at radius 1 is 1.07 bits per heavy atom. The fourth-order valence-corrected chi connectivity index (χ4v) is 4.18. The number of ether oxygens (including phenoxy) is 1. The molecule has 0 bridgehead atoms. The van der Waals surface area contributed by atoms with Crippen molar-refractivity contribution in [2.75, 3.05) is 11.8 Å². The molecule has 7 nitrogen and oxygen atoms in total. The molecule has 0 fully saturated rings. The second-order valence-corrected chi connectivity index (χ2v) is 7.50. The summed E-state index contributed by atoms with van der Waals surface area (Å²) >= 11 is 0. The van der Waals surface area contributed by atoms with Crippen LogP contribution < -0.4 is 4.72 Å². The summed E-state index contributed by atoms with van der Waals surface area (Å²) in [7, 11) is -2.77. The summed E-state index contributed by atoms with van der Waals surface area (Å²) in [5.74, 6) is -0.482. The number of nitrogens with one attached hydrogen (secondary N) is 1. The van der Waals surface area contributed by atoms with Gasteiger partial charge in [-0.2, -0.15) is 0 Å². The molecule has 1 heterocycles. The number of hydrogen-bond donors (Lipinski definition) is 1. The summed E-state index contributed by atoms with van der Waals surface area (Å²) < 4.78 is 37.9. The lowest BCUT2D eigenvalue weighted by Gasteiger charge is -2.13. The van der Waals surface area contributed by atoms with Gasteiger partial charge in [-0.3, -0.25) is 4.72 Å². The first-order chi connectivity index (χ1) is 12.8. The molecule has 3 rings (SSSR count). The van der Waals surface area contributed by atoms with Gasteiger partial charge in [0.15, 0.2) is 10.7 Å². The first-order valence-corrected chi connectivity index (χ1v) is 9.55. The summed E-state index contributed by atoms with van der Waals surface area (Å²) in [5.41, 5.74) is 2.08. The SMILES string of the molecule is COC(=O)c1ccc(-c2ccccc2)cc1NS(=O)(=O)c1c(C)noc1C. The zero-order valence-electron chi connectivity index (χ0n) is 15.0. The van der Waals surface area contributed by atoms with Gasteiger partial charge in [-0.25, -0.2) is 13.2 Å². The highest BCUT2D eigenvalue weighted by atomic mass is 32.2. The van der Waals surface area contributed by atoms with Gasteiger partial charge in [0.05, 0.1) is 18.4 Å². The van der Waals surface area contributed by atoms with Crippen LogP contribution in [0.25, 0.3) is 11.1 Å². The van der Waals surface area contributed by atoms with Crippen molar-refractivity contribution < 1.29 is 22.5 Å². The minimum absolute atomic E-state index is 0.0524. The van der Waals surface area contributed by atoms with Gasteiger partial charge in [-0.05, 0) is 37.1 Å². The molecule has 140 valence electrons. The van der Waals surface area contributed by atoms with E-state index in [-0.39, 0.29) is 27.6 Å². The number of esters is 1. The zero-order valence-corrected chi connectivity index (χ0v) is 15.8. The number of rotatable bonds is 5. The molecule has 1 N–H and O–H groups in total. The van der Waals surface area contributed by atoms with E-state index in [0.29, 0.717) is 0 Å². The molecule has 0 radical (unpaired) electrons. The molecule has 0 spiro atoms. The van der Waals surface area contributed by atoms with E-state index in [4.69, 9.17) is 9.26 Å². The van der Waals surface area contributed by atoms with Gasteiger partial charge in [-0.1, -0.05) is 41.6 Å². The maximum atomic E-state index is 12.9. The van der Waals surface area contributed by atoms with Crippen LogP contribution in [-0.2, 0) is 14.8 Å². The Morgan fingerprint density at radius 3 is 2.37 bits per heavy atom. The number of benzene rings is 2. The van der Waals surface area contributed by atoms with E-state index in [2.05, 4.69) is 9.88 Å². The van der Waals surface area contributed by atoms with Crippen molar-refractivity contribution in [1.29, 1.82) is 0 Å². The molecule has 8 heteroatoms. The lowest BCUT2D eigenvalue weighted by Crippen LogP contribution is -2.17. The average molecular weight is 386 g/mol. The van der Waals surface area contributed by atoms with E-state index in [0.717, 1.165) is 11.1 Å². The predicted molar refractivity (Wildman–Crippen MR) is 100 cm³/mol. The third kappa shape index (κ3) is 3.70. The van der Waals surface area contributed by atoms with Crippen molar-refractivity contribution in [2.24, 2.45) is 0 Å². The maximum absolute atomic E-state index is 12.9. The van der Waals surface area contributed by atoms with Crippen LogP contribution in [-0.4, -0.2) is 26.7 Å². The van der Waals surface area contributed by atoms with E-state index < -0.39 is 16.0 Å². The summed E-state index contributed by atoms with van der Waals surface area (Å²) in [6, 6.07) is 14.3. The minimum Gasteiger partial charge on any atom is -0.465 e. The van der Waals surface area contributed by atoms with Crippen molar-refractivity contribution in [1.82, 2.24) is 5.16 Å². The lowest BCUT2D eigenvalue weighted by molar-refractivity contribution is 0.0602. The molecule has 0 aliphatic heterocycles. The molecule has 27 heavy (non-hydrogen) atoms. The molecule has 0 saturated carbocycles. The van der Waals surface area contributed by atoms with Crippen molar-refractivity contribution >= 4 is 21.7 Å². The second kappa shape index (κ2) is 7.24. The van der Waals surface area contributed by atoms with E-state index in [9.17, 15) is 13.2 Å². The number of carbonyl (C=O) groups excluding carboxylic acids is 1. The Morgan fingerprint density at radius 2 is 1.78 bits per heavy atom. The van der Waals surface area contributed by atoms with Crippen LogP contribution in [0.5, 0.6) is 0 Å². The third-order valence-corrected chi connectivity index (χ3v) is 5.62. The van der Waals surface area contributed by atoms with E-state index in [1.165, 1.54) is 27.0 Å². The summed E-state index contributed by atoms with van der Waals surface area (Å²) in [6.45, 7) is 3.04. The van der Waals surface area contributed by atoms with Crippen LogP contribution in [0.2, 0.25) is 0 Å². The molecule has 0 unspecified atom stereocenters. The van der Waals surface area contributed by atoms with Gasteiger partial charge in [0.2, 0.25) is 0 Å². The van der Waals surface area contributed by atoms with Crippen molar-refractivity contribution in [3.05, 3.63) is 65.5 Å². The first kappa shape index (κ1) is 18.7. The average Bonchev–Trinajstić information content (AvgIpc) is 3.00. The van der Waals surface area contributed by atoms with E-state index in [1.807, 2.05) is 30.3 Å². The Labute approximate surface area is 157 Å². The topological polar surface area (TPSA) is 98.5 Å². The normalized spacial score (nSPS) is 11.2. The van der Waals surface area contributed by atoms with Crippen LogP contribution in [0.4, 0.5) is 5.69 Å². The summed E-state index contributed by atoms with van der Waals surface area (Å²) in [6.07, 6.45) is 0. The molecular formula is C19H18N2O5S.